The molecule has 0 N–H and O–H groups in total. The third kappa shape index (κ3) is 31.6. The van der Waals surface area contributed by atoms with E-state index in [4.69, 9.17) is 6.42 Å². The Bertz CT molecular complexity index is 376. The first-order chi connectivity index (χ1) is 16.9. The molecule has 0 nitrogen and oxygen atoms in total. The van der Waals surface area contributed by atoms with Gasteiger partial charge in [0.2, 0.25) is 0 Å². The molecule has 202 valence electrons. The molecule has 0 atom stereocenters. The van der Waals surface area contributed by atoms with Crippen LogP contribution in [0.4, 0.5) is 0 Å². The molecule has 0 spiro atoms. The van der Waals surface area contributed by atoms with Gasteiger partial charge in [0.1, 0.15) is 0 Å². The molecule has 0 saturated carbocycles. The van der Waals surface area contributed by atoms with Gasteiger partial charge in [-0.25, -0.2) is 0 Å². The van der Waals surface area contributed by atoms with Gasteiger partial charge >= 0.3 is 0 Å². The number of hydrogen-bond donors (Lipinski definition) is 0. The maximum Gasteiger partial charge on any atom is 0.00860 e. The fraction of sp³-hybridized carbons (Fsp3) is 0.941. The summed E-state index contributed by atoms with van der Waals surface area (Å²) in [6.45, 7) is 2.30. The average Bonchev–Trinajstić information content (AvgIpc) is 2.85. The monoisotopic (exact) mass is 475 g/mol. The predicted octanol–water partition coefficient (Wildman–Crippen LogP) is 12.7. The molecule has 0 saturated heterocycles. The first-order valence-electron chi connectivity index (χ1n) is 16.3. The minimum Gasteiger partial charge on any atom is -0.120 e. The third-order valence-corrected chi connectivity index (χ3v) is 7.67. The molecule has 0 fully saturated rings. The van der Waals surface area contributed by atoms with Gasteiger partial charge in [-0.15, -0.1) is 12.3 Å². The highest BCUT2D eigenvalue weighted by atomic mass is 14.0. The Morgan fingerprint density at radius 2 is 0.471 bits per heavy atom. The Balaban J connectivity index is 3.00. The van der Waals surface area contributed by atoms with E-state index < -0.39 is 0 Å². The smallest absolute Gasteiger partial charge is 0.00860 e. The zero-order valence-corrected chi connectivity index (χ0v) is 24.0. The summed E-state index contributed by atoms with van der Waals surface area (Å²) < 4.78 is 0. The van der Waals surface area contributed by atoms with Gasteiger partial charge in [-0.1, -0.05) is 193 Å². The third-order valence-electron chi connectivity index (χ3n) is 7.67. The minimum absolute atomic E-state index is 0.972. The molecule has 0 aliphatic rings. The quantitative estimate of drug-likeness (QED) is 0.0717. The lowest BCUT2D eigenvalue weighted by Crippen LogP contribution is -1.85. The van der Waals surface area contributed by atoms with Gasteiger partial charge in [0.25, 0.3) is 0 Å². The van der Waals surface area contributed by atoms with E-state index in [1.54, 1.807) is 0 Å². The Kier molecular flexibility index (Phi) is 32.1. The van der Waals surface area contributed by atoms with Crippen LogP contribution in [0.25, 0.3) is 0 Å². The van der Waals surface area contributed by atoms with Crippen LogP contribution >= 0.6 is 0 Å². The van der Waals surface area contributed by atoms with Gasteiger partial charge in [-0.3, -0.25) is 0 Å². The molecule has 0 aliphatic carbocycles. The van der Waals surface area contributed by atoms with Crippen LogP contribution in [0.2, 0.25) is 0 Å². The Labute approximate surface area is 218 Å². The molecule has 0 heterocycles. The van der Waals surface area contributed by atoms with Crippen LogP contribution in [0.5, 0.6) is 0 Å². The molecule has 0 amide bonds. The molecule has 34 heavy (non-hydrogen) atoms. The van der Waals surface area contributed by atoms with Crippen molar-refractivity contribution in [1.82, 2.24) is 0 Å². The average molecular weight is 475 g/mol. The van der Waals surface area contributed by atoms with Crippen molar-refractivity contribution >= 4 is 0 Å². The van der Waals surface area contributed by atoms with Gasteiger partial charge in [-0.2, -0.15) is 0 Å². The number of rotatable bonds is 30. The number of hydrogen-bond acceptors (Lipinski definition) is 0. The van der Waals surface area contributed by atoms with Gasteiger partial charge in [0.15, 0.2) is 0 Å². The summed E-state index contributed by atoms with van der Waals surface area (Å²) in [5.41, 5.74) is 0. The summed E-state index contributed by atoms with van der Waals surface area (Å²) in [7, 11) is 0. The van der Waals surface area contributed by atoms with Crippen molar-refractivity contribution < 1.29 is 0 Å². The maximum absolute atomic E-state index is 5.29. The van der Waals surface area contributed by atoms with Gasteiger partial charge in [0, 0.05) is 6.42 Å². The summed E-state index contributed by atoms with van der Waals surface area (Å²) in [5.74, 6) is 2.74. The second kappa shape index (κ2) is 32.6. The largest absolute Gasteiger partial charge is 0.120 e. The van der Waals surface area contributed by atoms with Gasteiger partial charge in [0.05, 0.1) is 0 Å². The fourth-order valence-electron chi connectivity index (χ4n) is 5.25. The molecular weight excluding hydrogens is 408 g/mol. The van der Waals surface area contributed by atoms with E-state index in [0.717, 1.165) is 6.42 Å². The Morgan fingerprint density at radius 3 is 0.647 bits per heavy atom. The standard InChI is InChI=1S/C34H66/c1-3-5-7-9-11-13-15-17-19-21-23-25-27-29-31-33-34-32-30-28-26-24-22-20-18-16-14-12-10-8-6-4-2/h1H,4-34H2,2H3. The van der Waals surface area contributed by atoms with Crippen LogP contribution in [0.3, 0.4) is 0 Å². The van der Waals surface area contributed by atoms with Crippen LogP contribution in [0, 0.1) is 12.3 Å². The van der Waals surface area contributed by atoms with Crippen molar-refractivity contribution in [2.45, 2.75) is 206 Å². The highest BCUT2D eigenvalue weighted by molar-refractivity contribution is 4.82. The first-order valence-corrected chi connectivity index (χ1v) is 16.3. The van der Waals surface area contributed by atoms with E-state index in [0.29, 0.717) is 0 Å². The molecule has 0 aliphatic heterocycles. The van der Waals surface area contributed by atoms with Crippen LogP contribution in [-0.4, -0.2) is 0 Å². The lowest BCUT2D eigenvalue weighted by molar-refractivity contribution is 0.513. The summed E-state index contributed by atoms with van der Waals surface area (Å²) in [5, 5.41) is 0. The van der Waals surface area contributed by atoms with Crippen LogP contribution in [0.15, 0.2) is 0 Å². The molecule has 0 bridgehead atoms. The van der Waals surface area contributed by atoms with Gasteiger partial charge < -0.3 is 0 Å². The SMILES string of the molecule is C#CCCCCCCCCCCCCCCCCCCCCCCCCCCCCCCCC. The lowest BCUT2D eigenvalue weighted by atomic mass is 10.0. The topological polar surface area (TPSA) is 0 Å². The molecular formula is C34H66. The Hall–Kier alpha value is -0.440. The predicted molar refractivity (Wildman–Crippen MR) is 158 cm³/mol. The first kappa shape index (κ1) is 33.6. The number of unbranched alkanes of at least 4 members (excludes halogenated alkanes) is 30. The van der Waals surface area contributed by atoms with E-state index in [1.807, 2.05) is 0 Å². The van der Waals surface area contributed by atoms with Crippen LogP contribution in [0.1, 0.15) is 206 Å². The van der Waals surface area contributed by atoms with Gasteiger partial charge in [-0.05, 0) is 6.42 Å². The normalized spacial score (nSPS) is 11.2. The van der Waals surface area contributed by atoms with Crippen molar-refractivity contribution in [3.63, 3.8) is 0 Å². The van der Waals surface area contributed by atoms with Crippen LogP contribution in [-0.2, 0) is 0 Å². The molecule has 0 aromatic rings. The molecule has 0 unspecified atom stereocenters. The summed E-state index contributed by atoms with van der Waals surface area (Å²) >= 11 is 0. The van der Waals surface area contributed by atoms with Crippen molar-refractivity contribution in [3.8, 4) is 12.3 Å². The van der Waals surface area contributed by atoms with E-state index >= 15 is 0 Å². The molecule has 0 rings (SSSR count). The van der Waals surface area contributed by atoms with E-state index in [9.17, 15) is 0 Å². The zero-order valence-electron chi connectivity index (χ0n) is 24.0. The van der Waals surface area contributed by atoms with Crippen molar-refractivity contribution in [1.29, 1.82) is 0 Å². The van der Waals surface area contributed by atoms with Crippen molar-refractivity contribution in [3.05, 3.63) is 0 Å². The van der Waals surface area contributed by atoms with E-state index in [2.05, 4.69) is 12.8 Å². The molecule has 0 aromatic heterocycles. The Morgan fingerprint density at radius 1 is 0.294 bits per heavy atom. The fourth-order valence-corrected chi connectivity index (χ4v) is 5.25. The van der Waals surface area contributed by atoms with E-state index in [1.165, 1.54) is 193 Å². The molecule has 0 aromatic carbocycles. The second-order valence-electron chi connectivity index (χ2n) is 11.2. The maximum atomic E-state index is 5.29. The van der Waals surface area contributed by atoms with Crippen LogP contribution < -0.4 is 0 Å². The van der Waals surface area contributed by atoms with E-state index in [-0.39, 0.29) is 0 Å². The highest BCUT2D eigenvalue weighted by Crippen LogP contribution is 2.16. The molecule has 0 radical (unpaired) electrons. The van der Waals surface area contributed by atoms with Crippen molar-refractivity contribution in [2.24, 2.45) is 0 Å². The summed E-state index contributed by atoms with van der Waals surface area (Å²) in [6, 6.07) is 0. The minimum atomic E-state index is 0.972. The van der Waals surface area contributed by atoms with Crippen molar-refractivity contribution in [2.75, 3.05) is 0 Å². The lowest BCUT2D eigenvalue weighted by Gasteiger charge is -2.04. The summed E-state index contributed by atoms with van der Waals surface area (Å²) in [4.78, 5) is 0. The summed E-state index contributed by atoms with van der Waals surface area (Å²) in [6.07, 6.45) is 50.0. The number of terminal acetylenes is 1. The second-order valence-corrected chi connectivity index (χ2v) is 11.2. The zero-order chi connectivity index (χ0) is 24.6. The highest BCUT2D eigenvalue weighted by Gasteiger charge is 1.96. The molecule has 0 heteroatoms.